The largest absolute Gasteiger partial charge is 0.381 e. The summed E-state index contributed by atoms with van der Waals surface area (Å²) in [7, 11) is 0. The van der Waals surface area contributed by atoms with E-state index in [0.29, 0.717) is 5.92 Å². The average molecular weight is 215 g/mol. The predicted octanol–water partition coefficient (Wildman–Crippen LogP) is 1.95. The molecule has 0 saturated carbocycles. The van der Waals surface area contributed by atoms with Gasteiger partial charge in [0, 0.05) is 25.4 Å². The highest BCUT2D eigenvalue weighted by Crippen LogP contribution is 2.26. The van der Waals surface area contributed by atoms with Crippen LogP contribution in [0.4, 0.5) is 0 Å². The summed E-state index contributed by atoms with van der Waals surface area (Å²) in [4.78, 5) is 0. The Morgan fingerprint density at radius 1 is 1.47 bits per heavy atom. The fourth-order valence-electron chi connectivity index (χ4n) is 1.81. The summed E-state index contributed by atoms with van der Waals surface area (Å²) >= 11 is 0. The molecule has 0 aromatic heterocycles. The molecule has 1 fully saturated rings. The third-order valence-corrected chi connectivity index (χ3v) is 3.30. The van der Waals surface area contributed by atoms with Crippen LogP contribution in [-0.4, -0.2) is 31.5 Å². The quantitative estimate of drug-likeness (QED) is 0.689. The van der Waals surface area contributed by atoms with Crippen LogP contribution in [-0.2, 0) is 9.47 Å². The van der Waals surface area contributed by atoms with E-state index in [1.165, 1.54) is 0 Å². The lowest BCUT2D eigenvalue weighted by molar-refractivity contribution is 0.0662. The van der Waals surface area contributed by atoms with Crippen molar-refractivity contribution in [2.45, 2.75) is 51.7 Å². The van der Waals surface area contributed by atoms with Crippen LogP contribution in [0.25, 0.3) is 0 Å². The van der Waals surface area contributed by atoms with Crippen molar-refractivity contribution in [3.8, 4) is 0 Å². The first kappa shape index (κ1) is 12.9. The second kappa shape index (κ2) is 5.83. The molecular weight excluding hydrogens is 190 g/mol. The summed E-state index contributed by atoms with van der Waals surface area (Å²) in [6, 6.07) is 0. The Labute approximate surface area is 93.3 Å². The molecule has 0 bridgehead atoms. The lowest BCUT2D eigenvalue weighted by Gasteiger charge is -2.27. The minimum absolute atomic E-state index is 0.155. The molecule has 2 unspecified atom stereocenters. The molecule has 0 aromatic carbocycles. The first-order chi connectivity index (χ1) is 7.04. The van der Waals surface area contributed by atoms with Gasteiger partial charge < -0.3 is 15.2 Å². The van der Waals surface area contributed by atoms with Gasteiger partial charge in [0.1, 0.15) is 0 Å². The molecule has 2 atom stereocenters. The standard InChI is InChI=1S/C12H25NO2/c1-10(2)4-7-14-8-5-12(13)6-9-15-11(12)3/h10-11H,4-9,13H2,1-3H3. The van der Waals surface area contributed by atoms with Gasteiger partial charge in [-0.3, -0.25) is 0 Å². The summed E-state index contributed by atoms with van der Waals surface area (Å²) in [5.41, 5.74) is 6.08. The summed E-state index contributed by atoms with van der Waals surface area (Å²) in [5, 5.41) is 0. The van der Waals surface area contributed by atoms with Gasteiger partial charge in [0.05, 0.1) is 6.10 Å². The maximum atomic E-state index is 6.24. The van der Waals surface area contributed by atoms with Crippen molar-refractivity contribution in [1.82, 2.24) is 0 Å². The maximum Gasteiger partial charge on any atom is 0.0728 e. The molecular formula is C12H25NO2. The van der Waals surface area contributed by atoms with Gasteiger partial charge in [-0.25, -0.2) is 0 Å². The van der Waals surface area contributed by atoms with Gasteiger partial charge in [0.25, 0.3) is 0 Å². The van der Waals surface area contributed by atoms with E-state index in [0.717, 1.165) is 39.1 Å². The van der Waals surface area contributed by atoms with E-state index in [-0.39, 0.29) is 11.6 Å². The Balaban J connectivity index is 2.09. The second-order valence-corrected chi connectivity index (χ2v) is 5.04. The van der Waals surface area contributed by atoms with Gasteiger partial charge in [0.15, 0.2) is 0 Å². The Kier molecular flexibility index (Phi) is 5.03. The normalized spacial score (nSPS) is 31.4. The van der Waals surface area contributed by atoms with Crippen LogP contribution in [0.5, 0.6) is 0 Å². The summed E-state index contributed by atoms with van der Waals surface area (Å²) in [6.07, 6.45) is 3.17. The summed E-state index contributed by atoms with van der Waals surface area (Å²) in [5.74, 6) is 0.713. The van der Waals surface area contributed by atoms with E-state index < -0.39 is 0 Å². The van der Waals surface area contributed by atoms with E-state index in [4.69, 9.17) is 15.2 Å². The zero-order chi connectivity index (χ0) is 11.3. The van der Waals surface area contributed by atoms with Gasteiger partial charge in [-0.1, -0.05) is 13.8 Å². The number of ether oxygens (including phenoxy) is 2. The fourth-order valence-corrected chi connectivity index (χ4v) is 1.81. The molecule has 1 aliphatic heterocycles. The molecule has 0 radical (unpaired) electrons. The molecule has 90 valence electrons. The number of rotatable bonds is 6. The Bertz CT molecular complexity index is 184. The van der Waals surface area contributed by atoms with Crippen molar-refractivity contribution in [1.29, 1.82) is 0 Å². The number of hydrogen-bond acceptors (Lipinski definition) is 3. The van der Waals surface area contributed by atoms with Crippen LogP contribution in [0.15, 0.2) is 0 Å². The molecule has 0 aliphatic carbocycles. The first-order valence-electron chi connectivity index (χ1n) is 6.03. The zero-order valence-corrected chi connectivity index (χ0v) is 10.3. The van der Waals surface area contributed by atoms with Crippen LogP contribution in [0, 0.1) is 5.92 Å². The maximum absolute atomic E-state index is 6.24. The van der Waals surface area contributed by atoms with Crippen molar-refractivity contribution < 1.29 is 9.47 Å². The molecule has 3 heteroatoms. The highest BCUT2D eigenvalue weighted by molar-refractivity contribution is 4.94. The average Bonchev–Trinajstić information content (AvgIpc) is 2.46. The van der Waals surface area contributed by atoms with Crippen molar-refractivity contribution in [2.24, 2.45) is 11.7 Å². The molecule has 1 aliphatic rings. The molecule has 0 spiro atoms. The smallest absolute Gasteiger partial charge is 0.0728 e. The van der Waals surface area contributed by atoms with Crippen LogP contribution >= 0.6 is 0 Å². The van der Waals surface area contributed by atoms with E-state index >= 15 is 0 Å². The van der Waals surface area contributed by atoms with Crippen LogP contribution in [0.3, 0.4) is 0 Å². The third-order valence-electron chi connectivity index (χ3n) is 3.30. The third kappa shape index (κ3) is 4.09. The zero-order valence-electron chi connectivity index (χ0n) is 10.3. The molecule has 3 nitrogen and oxygen atoms in total. The number of nitrogens with two attached hydrogens (primary N) is 1. The Morgan fingerprint density at radius 3 is 2.73 bits per heavy atom. The highest BCUT2D eigenvalue weighted by Gasteiger charge is 2.37. The molecule has 1 heterocycles. The topological polar surface area (TPSA) is 44.5 Å². The Hall–Kier alpha value is -0.120. The monoisotopic (exact) mass is 215 g/mol. The van der Waals surface area contributed by atoms with Crippen molar-refractivity contribution >= 4 is 0 Å². The van der Waals surface area contributed by atoms with E-state index in [9.17, 15) is 0 Å². The first-order valence-corrected chi connectivity index (χ1v) is 6.03. The summed E-state index contributed by atoms with van der Waals surface area (Å²) < 4.78 is 11.1. The molecule has 1 saturated heterocycles. The molecule has 15 heavy (non-hydrogen) atoms. The molecule has 0 amide bonds. The second-order valence-electron chi connectivity index (χ2n) is 5.04. The lowest BCUT2D eigenvalue weighted by Crippen LogP contribution is -2.46. The van der Waals surface area contributed by atoms with E-state index in [2.05, 4.69) is 20.8 Å². The lowest BCUT2D eigenvalue weighted by atomic mass is 9.90. The molecule has 2 N–H and O–H groups in total. The fraction of sp³-hybridized carbons (Fsp3) is 1.00. The van der Waals surface area contributed by atoms with E-state index in [1.807, 2.05) is 0 Å². The van der Waals surface area contributed by atoms with Crippen molar-refractivity contribution in [3.63, 3.8) is 0 Å². The predicted molar refractivity (Wildman–Crippen MR) is 61.8 cm³/mol. The summed E-state index contributed by atoms with van der Waals surface area (Å²) in [6.45, 7) is 8.88. The highest BCUT2D eigenvalue weighted by atomic mass is 16.5. The van der Waals surface area contributed by atoms with Gasteiger partial charge in [-0.2, -0.15) is 0 Å². The minimum Gasteiger partial charge on any atom is -0.381 e. The van der Waals surface area contributed by atoms with E-state index in [1.54, 1.807) is 0 Å². The van der Waals surface area contributed by atoms with Crippen LogP contribution < -0.4 is 5.73 Å². The Morgan fingerprint density at radius 2 is 2.20 bits per heavy atom. The van der Waals surface area contributed by atoms with Crippen LogP contribution in [0.1, 0.15) is 40.0 Å². The van der Waals surface area contributed by atoms with Crippen molar-refractivity contribution in [3.05, 3.63) is 0 Å². The SMILES string of the molecule is CC(C)CCOCCC1(N)CCOC1C. The minimum atomic E-state index is -0.155. The van der Waals surface area contributed by atoms with Gasteiger partial charge in [0.2, 0.25) is 0 Å². The van der Waals surface area contributed by atoms with Crippen LogP contribution in [0.2, 0.25) is 0 Å². The van der Waals surface area contributed by atoms with Crippen molar-refractivity contribution in [2.75, 3.05) is 19.8 Å². The molecule has 0 aromatic rings. The molecule has 1 rings (SSSR count). The van der Waals surface area contributed by atoms with Gasteiger partial charge in [-0.15, -0.1) is 0 Å². The van der Waals surface area contributed by atoms with Gasteiger partial charge in [-0.05, 0) is 32.1 Å². The van der Waals surface area contributed by atoms with Gasteiger partial charge >= 0.3 is 0 Å². The number of hydrogen-bond donors (Lipinski definition) is 1.